The molecule has 0 aromatic carbocycles. The minimum absolute atomic E-state index is 0.164. The number of amides is 1. The van der Waals surface area contributed by atoms with Crippen LogP contribution < -0.4 is 5.73 Å². The summed E-state index contributed by atoms with van der Waals surface area (Å²) in [4.78, 5) is 13.5. The highest BCUT2D eigenvalue weighted by molar-refractivity contribution is 5.77. The van der Waals surface area contributed by atoms with Gasteiger partial charge in [-0.15, -0.1) is 0 Å². The van der Waals surface area contributed by atoms with Crippen LogP contribution in [0.1, 0.15) is 40.5 Å². The van der Waals surface area contributed by atoms with E-state index in [-0.39, 0.29) is 5.91 Å². The van der Waals surface area contributed by atoms with Gasteiger partial charge in [0.1, 0.15) is 0 Å². The van der Waals surface area contributed by atoms with Crippen LogP contribution in [0.5, 0.6) is 0 Å². The van der Waals surface area contributed by atoms with E-state index in [4.69, 9.17) is 5.73 Å². The van der Waals surface area contributed by atoms with Crippen molar-refractivity contribution in [3.8, 4) is 0 Å². The molecule has 0 aromatic heterocycles. The molecule has 2 N–H and O–H groups in total. The Morgan fingerprint density at radius 3 is 2.23 bits per heavy atom. The molecule has 0 aliphatic carbocycles. The first-order valence-electron chi connectivity index (χ1n) is 4.97. The minimum atomic E-state index is -0.391. The van der Waals surface area contributed by atoms with Gasteiger partial charge in [0.15, 0.2) is 0 Å². The maximum atomic E-state index is 11.6. The van der Waals surface area contributed by atoms with Crippen LogP contribution in [0.2, 0.25) is 0 Å². The van der Waals surface area contributed by atoms with Crippen molar-refractivity contribution in [3.63, 3.8) is 0 Å². The van der Waals surface area contributed by atoms with E-state index in [1.54, 1.807) is 0 Å². The second-order valence-corrected chi connectivity index (χ2v) is 4.14. The van der Waals surface area contributed by atoms with Crippen molar-refractivity contribution in [3.05, 3.63) is 0 Å². The average Bonchev–Trinajstić information content (AvgIpc) is 1.96. The van der Waals surface area contributed by atoms with Crippen molar-refractivity contribution in [1.82, 2.24) is 4.90 Å². The lowest BCUT2D eigenvalue weighted by Crippen LogP contribution is -2.41. The number of carbonyl (C=O) groups excluding carboxylic acids is 1. The molecular weight excluding hydrogens is 164 g/mol. The summed E-state index contributed by atoms with van der Waals surface area (Å²) in [7, 11) is 0. The third kappa shape index (κ3) is 5.64. The second-order valence-electron chi connectivity index (χ2n) is 4.14. The van der Waals surface area contributed by atoms with Crippen LogP contribution in [0.15, 0.2) is 0 Å². The van der Waals surface area contributed by atoms with Gasteiger partial charge in [-0.3, -0.25) is 4.79 Å². The van der Waals surface area contributed by atoms with Gasteiger partial charge in [0.25, 0.3) is 0 Å². The van der Waals surface area contributed by atoms with Crippen LogP contribution in [0, 0.1) is 0 Å². The Morgan fingerprint density at radius 1 is 1.38 bits per heavy atom. The zero-order valence-electron chi connectivity index (χ0n) is 9.26. The van der Waals surface area contributed by atoms with E-state index in [9.17, 15) is 4.79 Å². The Balaban J connectivity index is 4.06. The Kier molecular flexibility index (Phi) is 4.99. The van der Waals surface area contributed by atoms with Crippen molar-refractivity contribution in [2.75, 3.05) is 13.1 Å². The maximum absolute atomic E-state index is 11.6. The lowest BCUT2D eigenvalue weighted by Gasteiger charge is -2.25. The van der Waals surface area contributed by atoms with E-state index in [1.807, 2.05) is 25.7 Å². The monoisotopic (exact) mass is 186 g/mol. The van der Waals surface area contributed by atoms with Gasteiger partial charge in [-0.05, 0) is 27.2 Å². The fourth-order valence-corrected chi connectivity index (χ4v) is 1.23. The van der Waals surface area contributed by atoms with Crippen LogP contribution in [0.4, 0.5) is 0 Å². The highest BCUT2D eigenvalue weighted by Gasteiger charge is 2.19. The normalized spacial score (nSPS) is 11.5. The summed E-state index contributed by atoms with van der Waals surface area (Å²) in [6.07, 6.45) is 1.44. The number of hydrogen-bond donors (Lipinski definition) is 1. The predicted octanol–water partition coefficient (Wildman–Crippen LogP) is 1.37. The van der Waals surface area contributed by atoms with E-state index in [0.717, 1.165) is 19.5 Å². The van der Waals surface area contributed by atoms with Crippen molar-refractivity contribution in [2.45, 2.75) is 46.1 Å². The first-order valence-corrected chi connectivity index (χ1v) is 4.97. The molecule has 78 valence electrons. The van der Waals surface area contributed by atoms with Gasteiger partial charge in [-0.25, -0.2) is 0 Å². The van der Waals surface area contributed by atoms with Gasteiger partial charge < -0.3 is 10.6 Å². The van der Waals surface area contributed by atoms with Crippen molar-refractivity contribution in [2.24, 2.45) is 5.73 Å². The molecule has 0 atom stereocenters. The Bertz CT molecular complexity index is 161. The number of hydrogen-bond acceptors (Lipinski definition) is 2. The van der Waals surface area contributed by atoms with Crippen molar-refractivity contribution in [1.29, 1.82) is 0 Å². The number of rotatable bonds is 5. The smallest absolute Gasteiger partial charge is 0.224 e. The third-order valence-corrected chi connectivity index (χ3v) is 1.83. The topological polar surface area (TPSA) is 46.3 Å². The fraction of sp³-hybridized carbons (Fsp3) is 0.900. The highest BCUT2D eigenvalue weighted by Crippen LogP contribution is 2.07. The second kappa shape index (κ2) is 5.22. The van der Waals surface area contributed by atoms with E-state index < -0.39 is 5.54 Å². The third-order valence-electron chi connectivity index (χ3n) is 1.83. The van der Waals surface area contributed by atoms with Crippen LogP contribution in [0.25, 0.3) is 0 Å². The summed E-state index contributed by atoms with van der Waals surface area (Å²) in [5.41, 5.74) is 5.39. The van der Waals surface area contributed by atoms with Crippen molar-refractivity contribution >= 4 is 5.91 Å². The standard InChI is InChI=1S/C10H22N2O/c1-5-7-12(6-2)9(13)8-10(3,4)11/h5-8,11H2,1-4H3. The first kappa shape index (κ1) is 12.4. The van der Waals surface area contributed by atoms with E-state index in [2.05, 4.69) is 6.92 Å². The molecule has 0 spiro atoms. The molecule has 0 unspecified atom stereocenters. The van der Waals surface area contributed by atoms with E-state index >= 15 is 0 Å². The Hall–Kier alpha value is -0.570. The Labute approximate surface area is 81.3 Å². The lowest BCUT2D eigenvalue weighted by molar-refractivity contribution is -0.132. The van der Waals surface area contributed by atoms with Gasteiger partial charge >= 0.3 is 0 Å². The summed E-state index contributed by atoms with van der Waals surface area (Å²) in [5.74, 6) is 0.164. The Morgan fingerprint density at radius 2 is 1.92 bits per heavy atom. The minimum Gasteiger partial charge on any atom is -0.343 e. The molecular formula is C10H22N2O. The van der Waals surface area contributed by atoms with Gasteiger partial charge in [-0.2, -0.15) is 0 Å². The van der Waals surface area contributed by atoms with Crippen LogP contribution in [-0.2, 0) is 4.79 Å². The van der Waals surface area contributed by atoms with E-state index in [0.29, 0.717) is 6.42 Å². The molecule has 0 saturated carbocycles. The molecule has 0 aliphatic heterocycles. The summed E-state index contributed by atoms with van der Waals surface area (Å²) in [6, 6.07) is 0. The SMILES string of the molecule is CCCN(CC)C(=O)CC(C)(C)N. The zero-order chi connectivity index (χ0) is 10.5. The molecule has 3 heteroatoms. The molecule has 0 aliphatic rings. The quantitative estimate of drug-likeness (QED) is 0.705. The molecule has 3 nitrogen and oxygen atoms in total. The van der Waals surface area contributed by atoms with Crippen LogP contribution in [-0.4, -0.2) is 29.4 Å². The number of nitrogens with zero attached hydrogens (tertiary/aromatic N) is 1. The summed E-state index contributed by atoms with van der Waals surface area (Å²) >= 11 is 0. The molecule has 0 bridgehead atoms. The van der Waals surface area contributed by atoms with Gasteiger partial charge in [0.2, 0.25) is 5.91 Å². The molecule has 1 amide bonds. The van der Waals surface area contributed by atoms with Crippen LogP contribution in [0.3, 0.4) is 0 Å². The molecule has 0 aromatic rings. The molecule has 0 saturated heterocycles. The lowest BCUT2D eigenvalue weighted by atomic mass is 10.0. The zero-order valence-corrected chi connectivity index (χ0v) is 9.26. The van der Waals surface area contributed by atoms with Crippen LogP contribution >= 0.6 is 0 Å². The summed E-state index contributed by atoms with van der Waals surface area (Å²) in [5, 5.41) is 0. The summed E-state index contributed by atoms with van der Waals surface area (Å²) in [6.45, 7) is 9.45. The molecule has 13 heavy (non-hydrogen) atoms. The highest BCUT2D eigenvalue weighted by atomic mass is 16.2. The van der Waals surface area contributed by atoms with Crippen molar-refractivity contribution < 1.29 is 4.79 Å². The fourth-order valence-electron chi connectivity index (χ4n) is 1.23. The predicted molar refractivity (Wildman–Crippen MR) is 55.4 cm³/mol. The number of carbonyl (C=O) groups is 1. The molecule has 0 radical (unpaired) electrons. The summed E-state index contributed by atoms with van der Waals surface area (Å²) < 4.78 is 0. The largest absolute Gasteiger partial charge is 0.343 e. The van der Waals surface area contributed by atoms with Gasteiger partial charge in [0, 0.05) is 25.0 Å². The van der Waals surface area contributed by atoms with Gasteiger partial charge in [0.05, 0.1) is 0 Å². The number of nitrogens with two attached hydrogens (primary N) is 1. The first-order chi connectivity index (χ1) is 5.90. The molecule has 0 rings (SSSR count). The van der Waals surface area contributed by atoms with E-state index in [1.165, 1.54) is 0 Å². The maximum Gasteiger partial charge on any atom is 0.224 e. The van der Waals surface area contributed by atoms with Gasteiger partial charge in [-0.1, -0.05) is 6.92 Å². The molecule has 0 heterocycles. The molecule has 0 fully saturated rings. The average molecular weight is 186 g/mol.